The molecule has 9 nitrogen and oxygen atoms in total. The Bertz CT molecular complexity index is 860. The minimum atomic E-state index is -4.82. The molecule has 0 saturated carbocycles. The van der Waals surface area contributed by atoms with E-state index in [0.29, 0.717) is 5.56 Å². The second-order valence-corrected chi connectivity index (χ2v) is 6.40. The third-order valence-electron chi connectivity index (χ3n) is 2.97. The summed E-state index contributed by atoms with van der Waals surface area (Å²) in [5, 5.41) is 10.5. The lowest BCUT2D eigenvalue weighted by atomic mass is 10.1. The number of carbonyl (C=O) groups excluding carboxylic acids is 2. The van der Waals surface area contributed by atoms with Gasteiger partial charge in [-0.2, -0.15) is 0 Å². The van der Waals surface area contributed by atoms with Gasteiger partial charge in [0.1, 0.15) is 11.5 Å². The Morgan fingerprint density at radius 1 is 1.04 bits per heavy atom. The number of ether oxygens (including phenoxy) is 1. The number of carbonyl (C=O) groups is 2. The maximum atomic E-state index is 12.0. The molecule has 25 heavy (non-hydrogen) atoms. The largest absolute Gasteiger partial charge is 0.485 e. The van der Waals surface area contributed by atoms with E-state index in [1.807, 2.05) is 0 Å². The van der Waals surface area contributed by atoms with Crippen LogP contribution in [0.15, 0.2) is 48.5 Å². The van der Waals surface area contributed by atoms with Crippen LogP contribution in [0.5, 0.6) is 11.5 Å². The summed E-state index contributed by atoms with van der Waals surface area (Å²) >= 11 is 0. The van der Waals surface area contributed by atoms with Gasteiger partial charge in [-0.1, -0.05) is 0 Å². The maximum Gasteiger partial charge on any atom is 0.485 e. The molecule has 1 atom stereocenters. The smallest absolute Gasteiger partial charge is 0.417 e. The molecule has 2 aromatic rings. The molecule has 0 fully saturated rings. The molecule has 130 valence electrons. The molecule has 2 aromatic carbocycles. The van der Waals surface area contributed by atoms with Crippen LogP contribution < -0.4 is 9.26 Å². The second kappa shape index (κ2) is 7.25. The van der Waals surface area contributed by atoms with Crippen LogP contribution in [0.25, 0.3) is 0 Å². The summed E-state index contributed by atoms with van der Waals surface area (Å²) in [5.74, 6) is -0.451. The SMILES string of the molecule is CC(=O)c1ccc(OP(=O)(O)C(=O)Oc2ccc([N+](=O)[O-])cc2)cc1. The topological polar surface area (TPSA) is 133 Å². The highest BCUT2D eigenvalue weighted by Crippen LogP contribution is 2.44. The molecule has 0 bridgehead atoms. The van der Waals surface area contributed by atoms with Crippen LogP contribution in [0.2, 0.25) is 0 Å². The molecule has 0 heterocycles. The highest BCUT2D eigenvalue weighted by Gasteiger charge is 2.35. The van der Waals surface area contributed by atoms with Gasteiger partial charge in [-0.3, -0.25) is 14.9 Å². The van der Waals surface area contributed by atoms with Crippen molar-refractivity contribution in [1.82, 2.24) is 0 Å². The van der Waals surface area contributed by atoms with E-state index < -0.39 is 18.2 Å². The van der Waals surface area contributed by atoms with Crippen LogP contribution in [-0.4, -0.2) is 21.3 Å². The van der Waals surface area contributed by atoms with Crippen molar-refractivity contribution in [3.63, 3.8) is 0 Å². The van der Waals surface area contributed by atoms with Gasteiger partial charge in [0, 0.05) is 17.7 Å². The normalized spacial score (nSPS) is 12.7. The van der Waals surface area contributed by atoms with Gasteiger partial charge in [-0.15, -0.1) is 0 Å². The van der Waals surface area contributed by atoms with Gasteiger partial charge in [0.2, 0.25) is 0 Å². The minimum Gasteiger partial charge on any atom is -0.417 e. The van der Waals surface area contributed by atoms with E-state index in [1.54, 1.807) is 0 Å². The Morgan fingerprint density at radius 3 is 2.04 bits per heavy atom. The van der Waals surface area contributed by atoms with Crippen LogP contribution in [0.1, 0.15) is 17.3 Å². The van der Waals surface area contributed by atoms with Gasteiger partial charge in [-0.25, -0.2) is 9.36 Å². The van der Waals surface area contributed by atoms with Gasteiger partial charge in [0.15, 0.2) is 5.78 Å². The molecule has 1 N–H and O–H groups in total. The molecule has 0 spiro atoms. The lowest BCUT2D eigenvalue weighted by Gasteiger charge is -2.12. The van der Waals surface area contributed by atoms with Gasteiger partial charge in [0.25, 0.3) is 5.69 Å². The molecule has 0 aromatic heterocycles. The first kappa shape index (κ1) is 18.3. The molecule has 0 saturated heterocycles. The van der Waals surface area contributed by atoms with E-state index in [9.17, 15) is 29.2 Å². The molecule has 1 unspecified atom stereocenters. The van der Waals surface area contributed by atoms with Crippen molar-refractivity contribution in [3.8, 4) is 11.5 Å². The Labute approximate surface area is 141 Å². The second-order valence-electron chi connectivity index (χ2n) is 4.81. The quantitative estimate of drug-likeness (QED) is 0.355. The van der Waals surface area contributed by atoms with Crippen molar-refractivity contribution < 1.29 is 33.2 Å². The fourth-order valence-electron chi connectivity index (χ4n) is 1.73. The van der Waals surface area contributed by atoms with Gasteiger partial charge in [0.05, 0.1) is 4.92 Å². The van der Waals surface area contributed by atoms with Crippen LogP contribution >= 0.6 is 7.60 Å². The predicted molar refractivity (Wildman–Crippen MR) is 86.0 cm³/mol. The molecule has 0 aliphatic heterocycles. The predicted octanol–water partition coefficient (Wildman–Crippen LogP) is 3.56. The highest BCUT2D eigenvalue weighted by atomic mass is 31.2. The van der Waals surface area contributed by atoms with Gasteiger partial charge in [-0.05, 0) is 43.3 Å². The summed E-state index contributed by atoms with van der Waals surface area (Å²) in [4.78, 5) is 42.5. The van der Waals surface area contributed by atoms with E-state index in [-0.39, 0.29) is 23.0 Å². The number of nitro groups is 1. The van der Waals surface area contributed by atoms with E-state index >= 15 is 0 Å². The number of rotatable bonds is 6. The number of nitro benzene ring substituents is 1. The van der Waals surface area contributed by atoms with Crippen LogP contribution in [0.3, 0.4) is 0 Å². The monoisotopic (exact) mass is 365 g/mol. The van der Waals surface area contributed by atoms with Crippen molar-refractivity contribution >= 4 is 24.8 Å². The number of nitrogens with zero attached hydrogens (tertiary/aromatic N) is 1. The van der Waals surface area contributed by atoms with Crippen LogP contribution in [0.4, 0.5) is 10.5 Å². The molecule has 0 aliphatic carbocycles. The zero-order valence-corrected chi connectivity index (χ0v) is 13.7. The average molecular weight is 365 g/mol. The van der Waals surface area contributed by atoms with Crippen LogP contribution in [0, 0.1) is 10.1 Å². The number of Topliss-reactive ketones (excluding diaryl/α,β-unsaturated/α-hetero) is 1. The van der Waals surface area contributed by atoms with Crippen molar-refractivity contribution in [2.45, 2.75) is 6.92 Å². The van der Waals surface area contributed by atoms with Gasteiger partial charge >= 0.3 is 13.3 Å². The molecule has 0 radical (unpaired) electrons. The maximum absolute atomic E-state index is 12.0. The van der Waals surface area contributed by atoms with E-state index in [4.69, 9.17) is 9.26 Å². The molecule has 0 aliphatic rings. The number of hydrogen-bond acceptors (Lipinski definition) is 7. The summed E-state index contributed by atoms with van der Waals surface area (Å²) < 4.78 is 21.4. The van der Waals surface area contributed by atoms with Crippen molar-refractivity contribution in [3.05, 3.63) is 64.2 Å². The zero-order valence-electron chi connectivity index (χ0n) is 12.8. The minimum absolute atomic E-state index is 0.100. The number of hydrogen-bond donors (Lipinski definition) is 1. The third-order valence-corrected chi connectivity index (χ3v) is 3.98. The molecular weight excluding hydrogens is 353 g/mol. The summed E-state index contributed by atoms with van der Waals surface area (Å²) in [6.07, 6.45) is 0. The third kappa shape index (κ3) is 4.72. The first-order valence-electron chi connectivity index (χ1n) is 6.79. The van der Waals surface area contributed by atoms with Crippen molar-refractivity contribution in [2.75, 3.05) is 0 Å². The molecular formula is C15H12NO8P. The zero-order chi connectivity index (χ0) is 18.6. The first-order valence-corrected chi connectivity index (χ1v) is 8.37. The average Bonchev–Trinajstić information content (AvgIpc) is 2.55. The number of ketones is 1. The number of non-ortho nitro benzene ring substituents is 1. The summed E-state index contributed by atoms with van der Waals surface area (Å²) in [6.45, 7) is 1.36. The fraction of sp³-hybridized carbons (Fsp3) is 0.0667. The lowest BCUT2D eigenvalue weighted by Crippen LogP contribution is -2.10. The standard InChI is InChI=1S/C15H12NO8P/c1-10(17)11-2-6-14(7-3-11)24-25(21,22)15(18)23-13-8-4-12(5-9-13)16(19)20/h2-9H,1H3,(H,21,22). The Balaban J connectivity index is 2.07. The molecule has 2 rings (SSSR count). The Kier molecular flexibility index (Phi) is 5.31. The van der Waals surface area contributed by atoms with E-state index in [0.717, 1.165) is 24.3 Å². The highest BCUT2D eigenvalue weighted by molar-refractivity contribution is 7.70. The summed E-state index contributed by atoms with van der Waals surface area (Å²) in [5.41, 5.74) is -1.40. The number of benzene rings is 2. The first-order chi connectivity index (χ1) is 11.7. The van der Waals surface area contributed by atoms with Gasteiger partial charge < -0.3 is 14.2 Å². The molecule has 0 amide bonds. The fourth-order valence-corrected chi connectivity index (χ4v) is 2.43. The Hall–Kier alpha value is -3.03. The van der Waals surface area contributed by atoms with Crippen molar-refractivity contribution in [1.29, 1.82) is 0 Å². The summed E-state index contributed by atoms with van der Waals surface area (Å²) in [7, 11) is -4.82. The Morgan fingerprint density at radius 2 is 1.56 bits per heavy atom. The van der Waals surface area contributed by atoms with Crippen LogP contribution in [-0.2, 0) is 4.57 Å². The lowest BCUT2D eigenvalue weighted by molar-refractivity contribution is -0.384. The molecule has 10 heteroatoms. The van der Waals surface area contributed by atoms with Crippen molar-refractivity contribution in [2.24, 2.45) is 0 Å². The van der Waals surface area contributed by atoms with E-state index in [1.165, 1.54) is 31.2 Å². The van der Waals surface area contributed by atoms with E-state index in [2.05, 4.69) is 0 Å². The summed E-state index contributed by atoms with van der Waals surface area (Å²) in [6, 6.07) is 9.64.